The van der Waals surface area contributed by atoms with E-state index in [4.69, 9.17) is 0 Å². The minimum Gasteiger partial charge on any atom is -0.469 e. The highest BCUT2D eigenvalue weighted by atomic mass is 35.5. The molecule has 2 aliphatic heterocycles. The van der Waals surface area contributed by atoms with Crippen LogP contribution in [0.1, 0.15) is 36.4 Å². The number of aryl methyl sites for hydroxylation is 1. The number of ether oxygens (including phenoxy) is 1. The van der Waals surface area contributed by atoms with Crippen LogP contribution in [0.3, 0.4) is 0 Å². The summed E-state index contributed by atoms with van der Waals surface area (Å²) in [5, 5.41) is 3.47. The first-order valence-electron chi connectivity index (χ1n) is 8.74. The third-order valence-electron chi connectivity index (χ3n) is 5.39. The highest BCUT2D eigenvalue weighted by molar-refractivity contribution is 5.85. The molecule has 0 aliphatic carbocycles. The molecule has 138 valence electrons. The minimum atomic E-state index is -0.249. The van der Waals surface area contributed by atoms with Crippen LogP contribution < -0.4 is 5.32 Å². The van der Waals surface area contributed by atoms with Crippen LogP contribution in [0.15, 0.2) is 24.3 Å². The number of rotatable bonds is 5. The van der Waals surface area contributed by atoms with Crippen molar-refractivity contribution in [2.75, 3.05) is 26.7 Å². The van der Waals surface area contributed by atoms with Gasteiger partial charge in [-0.1, -0.05) is 24.3 Å². The number of carbonyl (C=O) groups is 2. The van der Waals surface area contributed by atoms with E-state index in [-0.39, 0.29) is 30.3 Å². The van der Waals surface area contributed by atoms with Crippen LogP contribution in [0.5, 0.6) is 0 Å². The van der Waals surface area contributed by atoms with Gasteiger partial charge in [0.25, 0.3) is 0 Å². The Kier molecular flexibility index (Phi) is 6.85. The van der Waals surface area contributed by atoms with Gasteiger partial charge in [-0.25, -0.2) is 0 Å². The van der Waals surface area contributed by atoms with Gasteiger partial charge < -0.3 is 15.0 Å². The molecule has 3 rings (SSSR count). The van der Waals surface area contributed by atoms with E-state index in [0.29, 0.717) is 31.1 Å². The molecule has 0 unspecified atom stereocenters. The Morgan fingerprint density at radius 3 is 2.72 bits per heavy atom. The lowest BCUT2D eigenvalue weighted by Crippen LogP contribution is -2.35. The summed E-state index contributed by atoms with van der Waals surface area (Å²) in [5.74, 6) is 0.914. The molecule has 0 spiro atoms. The van der Waals surface area contributed by atoms with Gasteiger partial charge >= 0.3 is 5.97 Å². The lowest BCUT2D eigenvalue weighted by atomic mass is 9.87. The quantitative estimate of drug-likeness (QED) is 0.813. The smallest absolute Gasteiger partial charge is 0.305 e. The molecule has 1 N–H and O–H groups in total. The fourth-order valence-electron chi connectivity index (χ4n) is 4.12. The summed E-state index contributed by atoms with van der Waals surface area (Å²) in [6, 6.07) is 8.51. The summed E-state index contributed by atoms with van der Waals surface area (Å²) in [6.07, 6.45) is 1.26. The van der Waals surface area contributed by atoms with Crippen LogP contribution in [0.2, 0.25) is 0 Å². The van der Waals surface area contributed by atoms with Crippen LogP contribution in [0, 0.1) is 18.8 Å². The number of amides is 1. The molecule has 25 heavy (non-hydrogen) atoms. The molecular weight excluding hydrogens is 340 g/mol. The van der Waals surface area contributed by atoms with Crippen LogP contribution in [-0.2, 0) is 14.3 Å². The maximum atomic E-state index is 12.8. The van der Waals surface area contributed by atoms with Gasteiger partial charge in [-0.05, 0) is 30.4 Å². The van der Waals surface area contributed by atoms with Crippen molar-refractivity contribution in [1.29, 1.82) is 0 Å². The standard InChI is InChI=1S/C19H26N2O3.ClH/c1-13-6-3-4-7-15(13)19-16-11-20-10-14(16)12-21(19)17(22)8-5-9-18(23)24-2;/h3-4,6-7,14,16,19-20H,5,8-12H2,1-2H3;1H/t14-,16-,19-;/m0./s1. The fourth-order valence-corrected chi connectivity index (χ4v) is 4.12. The van der Waals surface area contributed by atoms with Crippen LogP contribution in [-0.4, -0.2) is 43.5 Å². The average Bonchev–Trinajstić information content (AvgIpc) is 3.16. The Hall–Kier alpha value is -1.59. The molecule has 2 aliphatic rings. The summed E-state index contributed by atoms with van der Waals surface area (Å²) < 4.78 is 4.65. The molecule has 0 radical (unpaired) electrons. The van der Waals surface area contributed by atoms with Crippen molar-refractivity contribution in [1.82, 2.24) is 10.2 Å². The molecule has 3 atom stereocenters. The summed E-state index contributed by atoms with van der Waals surface area (Å²) in [7, 11) is 1.38. The van der Waals surface area contributed by atoms with Gasteiger partial charge in [0.05, 0.1) is 13.2 Å². The molecule has 0 aromatic heterocycles. The number of hydrogen-bond acceptors (Lipinski definition) is 4. The van der Waals surface area contributed by atoms with Gasteiger partial charge in [-0.15, -0.1) is 12.4 Å². The Morgan fingerprint density at radius 1 is 1.24 bits per heavy atom. The molecule has 2 heterocycles. The molecule has 5 nitrogen and oxygen atoms in total. The average molecular weight is 367 g/mol. The zero-order valence-corrected chi connectivity index (χ0v) is 15.7. The SMILES string of the molecule is COC(=O)CCCC(=O)N1C[C@@H]2CNC[C@@H]2[C@@H]1c1ccccc1C.Cl. The number of nitrogens with zero attached hydrogens (tertiary/aromatic N) is 1. The number of benzene rings is 1. The lowest BCUT2D eigenvalue weighted by Gasteiger charge is -2.29. The van der Waals surface area contributed by atoms with E-state index in [1.54, 1.807) is 0 Å². The molecule has 1 aromatic rings. The molecule has 1 aromatic carbocycles. The topological polar surface area (TPSA) is 58.6 Å². The van der Waals surface area contributed by atoms with E-state index in [2.05, 4.69) is 40.1 Å². The summed E-state index contributed by atoms with van der Waals surface area (Å²) >= 11 is 0. The summed E-state index contributed by atoms with van der Waals surface area (Å²) in [6.45, 7) is 4.88. The van der Waals surface area contributed by atoms with Gasteiger partial charge in [-0.3, -0.25) is 9.59 Å². The van der Waals surface area contributed by atoms with Crippen molar-refractivity contribution in [3.05, 3.63) is 35.4 Å². The van der Waals surface area contributed by atoms with Crippen molar-refractivity contribution in [2.45, 2.75) is 32.2 Å². The molecular formula is C19H27ClN2O3. The normalized spacial score (nSPS) is 24.6. The maximum Gasteiger partial charge on any atom is 0.305 e. The number of halogens is 1. The van der Waals surface area contributed by atoms with Crippen LogP contribution in [0.4, 0.5) is 0 Å². The second-order valence-electron chi connectivity index (χ2n) is 6.86. The van der Waals surface area contributed by atoms with Crippen molar-refractivity contribution in [3.8, 4) is 0 Å². The second kappa shape index (κ2) is 8.68. The van der Waals surface area contributed by atoms with Crippen molar-refractivity contribution >= 4 is 24.3 Å². The van der Waals surface area contributed by atoms with Crippen molar-refractivity contribution in [2.24, 2.45) is 11.8 Å². The lowest BCUT2D eigenvalue weighted by molar-refractivity contribution is -0.141. The second-order valence-corrected chi connectivity index (χ2v) is 6.86. The Labute approximate surface area is 155 Å². The first kappa shape index (κ1) is 19.7. The Balaban J connectivity index is 0.00000225. The van der Waals surface area contributed by atoms with E-state index < -0.39 is 0 Å². The number of likely N-dealkylation sites (tertiary alicyclic amines) is 1. The minimum absolute atomic E-state index is 0. The monoisotopic (exact) mass is 366 g/mol. The van der Waals surface area contributed by atoms with Crippen molar-refractivity contribution < 1.29 is 14.3 Å². The van der Waals surface area contributed by atoms with E-state index >= 15 is 0 Å². The van der Waals surface area contributed by atoms with Gasteiger partial charge in [0.1, 0.15) is 0 Å². The molecule has 0 bridgehead atoms. The molecule has 2 fully saturated rings. The zero-order valence-electron chi connectivity index (χ0n) is 14.9. The summed E-state index contributed by atoms with van der Waals surface area (Å²) in [5.41, 5.74) is 2.50. The third kappa shape index (κ3) is 4.15. The number of hydrogen-bond donors (Lipinski definition) is 1. The number of esters is 1. The predicted molar refractivity (Wildman–Crippen MR) is 98.6 cm³/mol. The Bertz CT molecular complexity index is 622. The zero-order chi connectivity index (χ0) is 17.1. The summed E-state index contributed by atoms with van der Waals surface area (Å²) in [4.78, 5) is 26.1. The maximum absolute atomic E-state index is 12.8. The van der Waals surface area contributed by atoms with Gasteiger partial charge in [0.2, 0.25) is 5.91 Å². The molecule has 6 heteroatoms. The van der Waals surface area contributed by atoms with Crippen LogP contribution >= 0.6 is 12.4 Å². The number of fused-ring (bicyclic) bond motifs is 1. The molecule has 1 amide bonds. The first-order valence-corrected chi connectivity index (χ1v) is 8.74. The molecule has 2 saturated heterocycles. The highest BCUT2D eigenvalue weighted by Gasteiger charge is 2.46. The van der Waals surface area contributed by atoms with Crippen molar-refractivity contribution in [3.63, 3.8) is 0 Å². The van der Waals surface area contributed by atoms with E-state index in [1.165, 1.54) is 18.2 Å². The van der Waals surface area contributed by atoms with E-state index in [1.807, 2.05) is 6.07 Å². The Morgan fingerprint density at radius 2 is 2.00 bits per heavy atom. The van der Waals surface area contributed by atoms with Crippen LogP contribution in [0.25, 0.3) is 0 Å². The van der Waals surface area contributed by atoms with E-state index in [0.717, 1.165) is 19.6 Å². The number of methoxy groups -OCH3 is 1. The number of nitrogens with one attached hydrogen (secondary N) is 1. The first-order chi connectivity index (χ1) is 11.6. The number of carbonyl (C=O) groups excluding carboxylic acids is 2. The van der Waals surface area contributed by atoms with Gasteiger partial charge in [-0.2, -0.15) is 0 Å². The highest BCUT2D eigenvalue weighted by Crippen LogP contribution is 2.43. The van der Waals surface area contributed by atoms with Gasteiger partial charge in [0, 0.05) is 38.4 Å². The molecule has 0 saturated carbocycles. The van der Waals surface area contributed by atoms with Gasteiger partial charge in [0.15, 0.2) is 0 Å². The predicted octanol–water partition coefficient (Wildman–Crippen LogP) is 2.48. The fraction of sp³-hybridized carbons (Fsp3) is 0.579. The largest absolute Gasteiger partial charge is 0.469 e. The third-order valence-corrected chi connectivity index (χ3v) is 5.39. The van der Waals surface area contributed by atoms with E-state index in [9.17, 15) is 9.59 Å².